The summed E-state index contributed by atoms with van der Waals surface area (Å²) in [4.78, 5) is 5.10. The number of hydrogen-bond donors (Lipinski definition) is 0. The van der Waals surface area contributed by atoms with Gasteiger partial charge in [-0.05, 0) is 32.8 Å². The molecule has 2 nitrogen and oxygen atoms in total. The Morgan fingerprint density at radius 1 is 0.613 bits per heavy atom. The van der Waals surface area contributed by atoms with Gasteiger partial charge in [-0.15, -0.1) is 0 Å². The van der Waals surface area contributed by atoms with Gasteiger partial charge in [0.15, 0.2) is 0 Å². The van der Waals surface area contributed by atoms with Crippen LogP contribution in [-0.4, -0.2) is 40.7 Å². The van der Waals surface area contributed by atoms with Crippen molar-refractivity contribution in [1.29, 1.82) is 0 Å². The fraction of sp³-hybridized carbons (Fsp3) is 0.750. The van der Waals surface area contributed by atoms with Crippen LogP contribution in [0.1, 0.15) is 83.1 Å². The molecule has 181 valence electrons. The van der Waals surface area contributed by atoms with Crippen molar-refractivity contribution in [2.45, 2.75) is 104 Å². The molecule has 1 aliphatic rings. The minimum absolute atomic E-state index is 0. The third-order valence-corrected chi connectivity index (χ3v) is 13.3. The summed E-state index contributed by atoms with van der Waals surface area (Å²) in [6.07, 6.45) is 2.25. The molecule has 7 heteroatoms. The van der Waals surface area contributed by atoms with Crippen LogP contribution >= 0.6 is 15.8 Å². The van der Waals surface area contributed by atoms with E-state index in [-0.39, 0.29) is 50.4 Å². The Kier molecular flexibility index (Phi) is 11.3. The molecule has 0 amide bonds. The number of thiol groups is 1. The van der Waals surface area contributed by atoms with Gasteiger partial charge in [-0.3, -0.25) is 0 Å². The summed E-state index contributed by atoms with van der Waals surface area (Å²) in [7, 11) is 2.04. The van der Waals surface area contributed by atoms with E-state index in [2.05, 4.69) is 125 Å². The zero-order valence-electron chi connectivity index (χ0n) is 21.9. The van der Waals surface area contributed by atoms with E-state index >= 15 is 0 Å². The standard InChI is InChI=1S/C24H44BN2P2.Pt.H2S/c1-21(2,3)28(22(4,5)6)17-26-19-15-13-14-16-20(19)27(25-26)18-29(23(7,8)9)24(10,11)12;;/h13-16H,17-18H2,1-12H3;;1H2/p-1. The van der Waals surface area contributed by atoms with Crippen LogP contribution in [-0.2, 0) is 34.6 Å². The van der Waals surface area contributed by atoms with Crippen molar-refractivity contribution in [2.24, 2.45) is 0 Å². The first kappa shape index (κ1) is 31.8. The molecule has 0 bridgehead atoms. The number of fused-ring (bicyclic) bond motifs is 1. The van der Waals surface area contributed by atoms with Crippen molar-refractivity contribution in [2.75, 3.05) is 22.2 Å². The van der Waals surface area contributed by atoms with E-state index in [9.17, 15) is 0 Å². The predicted molar refractivity (Wildman–Crippen MR) is 148 cm³/mol. The molecule has 1 aromatic carbocycles. The summed E-state index contributed by atoms with van der Waals surface area (Å²) < 4.78 is 0. The molecule has 0 fully saturated rings. The van der Waals surface area contributed by atoms with Gasteiger partial charge in [-0.25, -0.2) is 0 Å². The minimum atomic E-state index is -0.189. The number of anilines is 2. The third-order valence-electron chi connectivity index (χ3n) is 5.61. The van der Waals surface area contributed by atoms with Crippen LogP contribution < -0.4 is 9.62 Å². The van der Waals surface area contributed by atoms with Gasteiger partial charge in [0.1, 0.15) is 0 Å². The van der Waals surface area contributed by atoms with Gasteiger partial charge in [0, 0.05) is 45.0 Å². The average molecular weight is 662 g/mol. The SMILES string of the molecule is CC(C)(C)P(CN1[B]N(CP(C(C)(C)C)C(C)(C)C)c2ccccc21)C(C)(C)C.[Pt].[SH-]. The maximum absolute atomic E-state index is 2.55. The fourth-order valence-corrected chi connectivity index (χ4v) is 11.4. The Bertz CT molecular complexity index is 618. The average Bonchev–Trinajstić information content (AvgIpc) is 2.84. The molecular weight excluding hydrogens is 616 g/mol. The molecule has 1 radical (unpaired) electrons. The quantitative estimate of drug-likeness (QED) is 0.142. The van der Waals surface area contributed by atoms with Crippen LogP contribution in [0.5, 0.6) is 0 Å². The van der Waals surface area contributed by atoms with E-state index in [0.29, 0.717) is 20.6 Å². The first-order valence-electron chi connectivity index (χ1n) is 11.0. The summed E-state index contributed by atoms with van der Waals surface area (Å²) in [5, 5.41) is 1.31. The van der Waals surface area contributed by atoms with Crippen LogP contribution in [0.2, 0.25) is 0 Å². The Labute approximate surface area is 218 Å². The maximum atomic E-state index is 2.55. The van der Waals surface area contributed by atoms with Gasteiger partial charge in [-0.1, -0.05) is 111 Å². The van der Waals surface area contributed by atoms with Gasteiger partial charge in [-0.2, -0.15) is 0 Å². The van der Waals surface area contributed by atoms with Crippen LogP contribution in [0.25, 0.3) is 0 Å². The monoisotopic (exact) mass is 661 g/mol. The molecule has 1 aliphatic heterocycles. The zero-order chi connectivity index (χ0) is 22.4. The van der Waals surface area contributed by atoms with Crippen molar-refractivity contribution in [1.82, 2.24) is 0 Å². The van der Waals surface area contributed by atoms with Gasteiger partial charge < -0.3 is 23.1 Å². The molecule has 0 spiro atoms. The van der Waals surface area contributed by atoms with Crippen LogP contribution in [0, 0.1) is 0 Å². The molecule has 0 atom stereocenters. The third kappa shape index (κ3) is 8.20. The van der Waals surface area contributed by atoms with Crippen molar-refractivity contribution in [3.8, 4) is 0 Å². The molecule has 1 aromatic rings. The van der Waals surface area contributed by atoms with Crippen molar-refractivity contribution < 1.29 is 21.1 Å². The molecular formula is C24H45BN2P2PtS-. The van der Waals surface area contributed by atoms with E-state index < -0.39 is 0 Å². The molecule has 0 aliphatic carbocycles. The summed E-state index contributed by atoms with van der Waals surface area (Å²) in [5.74, 6) is 0. The second-order valence-electron chi connectivity index (χ2n) is 12.4. The second kappa shape index (κ2) is 11.0. The minimum Gasteiger partial charge on any atom is -0.813 e. The second-order valence-corrected chi connectivity index (χ2v) is 20.0. The molecule has 0 N–H and O–H groups in total. The molecule has 31 heavy (non-hydrogen) atoms. The first-order valence-corrected chi connectivity index (χ1v) is 14.0. The molecule has 1 heterocycles. The molecule has 0 saturated carbocycles. The summed E-state index contributed by atoms with van der Waals surface area (Å²) in [6.45, 7) is 29.0. The Morgan fingerprint density at radius 2 is 0.871 bits per heavy atom. The normalized spacial score (nSPS) is 14.9. The van der Waals surface area contributed by atoms with Crippen molar-refractivity contribution >= 4 is 48.3 Å². The van der Waals surface area contributed by atoms with Gasteiger partial charge in [0.2, 0.25) is 0 Å². The van der Waals surface area contributed by atoms with Gasteiger partial charge in [0.05, 0.1) is 0 Å². The first-order chi connectivity index (χ1) is 12.9. The number of rotatable bonds is 4. The van der Waals surface area contributed by atoms with Crippen LogP contribution in [0.3, 0.4) is 0 Å². The van der Waals surface area contributed by atoms with Crippen molar-refractivity contribution in [3.05, 3.63) is 24.3 Å². The van der Waals surface area contributed by atoms with E-state index in [4.69, 9.17) is 0 Å². The van der Waals surface area contributed by atoms with E-state index in [0.717, 1.165) is 12.6 Å². The number of nitrogens with zero attached hydrogens (tertiary/aromatic N) is 2. The van der Waals surface area contributed by atoms with Crippen LogP contribution in [0.4, 0.5) is 11.4 Å². The molecule has 0 aromatic heterocycles. The molecule has 0 unspecified atom stereocenters. The Balaban J connectivity index is 0.00000450. The number of benzene rings is 1. The maximum Gasteiger partial charge on any atom is 0.392 e. The zero-order valence-corrected chi connectivity index (χ0v) is 26.8. The van der Waals surface area contributed by atoms with Gasteiger partial charge >= 0.3 is 7.55 Å². The predicted octanol–water partition coefficient (Wildman–Crippen LogP) is 7.65. The summed E-state index contributed by atoms with van der Waals surface area (Å²) >= 11 is 0. The van der Waals surface area contributed by atoms with E-state index in [1.807, 2.05) is 0 Å². The smallest absolute Gasteiger partial charge is 0.392 e. The molecule has 0 saturated heterocycles. The number of para-hydroxylation sites is 2. The fourth-order valence-electron chi connectivity index (χ4n) is 4.63. The summed E-state index contributed by atoms with van der Waals surface area (Å²) in [6, 6.07) is 8.99. The largest absolute Gasteiger partial charge is 0.813 e. The topological polar surface area (TPSA) is 6.48 Å². The Morgan fingerprint density at radius 3 is 1.10 bits per heavy atom. The van der Waals surface area contributed by atoms with E-state index in [1.165, 1.54) is 11.4 Å². The van der Waals surface area contributed by atoms with Gasteiger partial charge in [0.25, 0.3) is 0 Å². The van der Waals surface area contributed by atoms with Crippen molar-refractivity contribution in [3.63, 3.8) is 0 Å². The van der Waals surface area contributed by atoms with Crippen LogP contribution in [0.15, 0.2) is 24.3 Å². The Hall–Kier alpha value is 0.783. The number of hydrogen-bond acceptors (Lipinski definition) is 3. The molecule has 2 rings (SSSR count). The van der Waals surface area contributed by atoms with E-state index in [1.54, 1.807) is 0 Å². The summed E-state index contributed by atoms with van der Waals surface area (Å²) in [5.41, 5.74) is 2.76.